The van der Waals surface area contributed by atoms with Crippen LogP contribution in [0.5, 0.6) is 17.2 Å². The smallest absolute Gasteiger partial charge is 0.340 e. The summed E-state index contributed by atoms with van der Waals surface area (Å²) in [5, 5.41) is 0. The number of anilines is 1. The summed E-state index contributed by atoms with van der Waals surface area (Å²) in [4.78, 5) is 11.3. The lowest BCUT2D eigenvalue weighted by atomic mass is 10.1. The number of benzene rings is 2. The van der Waals surface area contributed by atoms with Gasteiger partial charge in [-0.05, 0) is 12.1 Å². The highest BCUT2D eigenvalue weighted by Gasteiger charge is 2.29. The molecule has 0 aliphatic heterocycles. The van der Waals surface area contributed by atoms with Gasteiger partial charge in [-0.2, -0.15) is 0 Å². The van der Waals surface area contributed by atoms with Crippen molar-refractivity contribution in [1.29, 1.82) is 0 Å². The molecule has 1 N–H and O–H groups in total. The van der Waals surface area contributed by atoms with E-state index in [9.17, 15) is 22.0 Å². The molecule has 0 amide bonds. The molecule has 0 saturated carbocycles. The Kier molecular flexibility index (Phi) is 6.29. The molecule has 0 unspecified atom stereocenters. The maximum Gasteiger partial charge on any atom is 0.340 e. The summed E-state index contributed by atoms with van der Waals surface area (Å²) in [6, 6.07) is 3.12. The predicted molar refractivity (Wildman–Crippen MR) is 94.6 cm³/mol. The second kappa shape index (κ2) is 8.30. The maximum absolute atomic E-state index is 14.0. The van der Waals surface area contributed by atoms with Gasteiger partial charge in [-0.15, -0.1) is 0 Å². The zero-order valence-electron chi connectivity index (χ0n) is 15.3. The van der Waals surface area contributed by atoms with E-state index in [-0.39, 0.29) is 28.5 Å². The van der Waals surface area contributed by atoms with Crippen LogP contribution in [0.4, 0.5) is 14.5 Å². The Morgan fingerprint density at radius 3 is 2.11 bits per heavy atom. The van der Waals surface area contributed by atoms with Crippen molar-refractivity contribution in [2.24, 2.45) is 0 Å². The molecule has 0 atom stereocenters. The third-order valence-electron chi connectivity index (χ3n) is 3.66. The third-order valence-corrected chi connectivity index (χ3v) is 5.04. The molecule has 8 nitrogen and oxygen atoms in total. The van der Waals surface area contributed by atoms with Crippen LogP contribution in [0.2, 0.25) is 0 Å². The lowest BCUT2D eigenvalue weighted by Gasteiger charge is -2.19. The summed E-state index contributed by atoms with van der Waals surface area (Å²) < 4.78 is 74.6. The molecule has 11 heteroatoms. The van der Waals surface area contributed by atoms with Crippen LogP contribution >= 0.6 is 0 Å². The van der Waals surface area contributed by atoms with Crippen LogP contribution in [-0.4, -0.2) is 42.8 Å². The van der Waals surface area contributed by atoms with Crippen LogP contribution in [0.15, 0.2) is 29.2 Å². The summed E-state index contributed by atoms with van der Waals surface area (Å²) in [6.07, 6.45) is 0. The van der Waals surface area contributed by atoms with Crippen molar-refractivity contribution < 1.29 is 40.9 Å². The molecule has 0 bridgehead atoms. The van der Waals surface area contributed by atoms with Gasteiger partial charge < -0.3 is 18.9 Å². The highest BCUT2D eigenvalue weighted by molar-refractivity contribution is 7.92. The molecule has 0 aromatic heterocycles. The molecule has 28 heavy (non-hydrogen) atoms. The van der Waals surface area contributed by atoms with Gasteiger partial charge in [0.1, 0.15) is 22.2 Å². The van der Waals surface area contributed by atoms with E-state index in [0.29, 0.717) is 6.07 Å². The van der Waals surface area contributed by atoms with Crippen LogP contribution in [0.25, 0.3) is 0 Å². The molecule has 2 aromatic carbocycles. The van der Waals surface area contributed by atoms with Gasteiger partial charge in [0.15, 0.2) is 11.5 Å². The fraction of sp³-hybridized carbons (Fsp3) is 0.235. The number of halogens is 2. The Morgan fingerprint density at radius 2 is 1.61 bits per heavy atom. The highest BCUT2D eigenvalue weighted by Crippen LogP contribution is 2.46. The van der Waals surface area contributed by atoms with E-state index in [0.717, 1.165) is 19.2 Å². The van der Waals surface area contributed by atoms with Gasteiger partial charge in [0.25, 0.3) is 10.0 Å². The van der Waals surface area contributed by atoms with Crippen molar-refractivity contribution in [3.8, 4) is 17.2 Å². The van der Waals surface area contributed by atoms with Crippen molar-refractivity contribution in [2.75, 3.05) is 33.2 Å². The van der Waals surface area contributed by atoms with Crippen molar-refractivity contribution >= 4 is 21.7 Å². The van der Waals surface area contributed by atoms with E-state index in [1.165, 1.54) is 27.4 Å². The molecule has 0 fully saturated rings. The maximum atomic E-state index is 14.0. The minimum absolute atomic E-state index is 0.0186. The van der Waals surface area contributed by atoms with Crippen LogP contribution in [0, 0.1) is 11.6 Å². The predicted octanol–water partition coefficient (Wildman–Crippen LogP) is 2.58. The molecule has 0 aliphatic rings. The lowest BCUT2D eigenvalue weighted by molar-refractivity contribution is 0.0601. The average Bonchev–Trinajstić information content (AvgIpc) is 2.65. The SMILES string of the molecule is COC(=O)c1cc(OC)c(OC)c(OC)c1NS(=O)(=O)c1ccc(F)cc1F. The number of esters is 1. The van der Waals surface area contributed by atoms with Crippen molar-refractivity contribution in [3.63, 3.8) is 0 Å². The number of hydrogen-bond acceptors (Lipinski definition) is 7. The first kappa shape index (κ1) is 21.2. The first-order chi connectivity index (χ1) is 13.2. The van der Waals surface area contributed by atoms with Gasteiger partial charge in [0.2, 0.25) is 5.75 Å². The first-order valence-electron chi connectivity index (χ1n) is 7.59. The molecule has 0 saturated heterocycles. The van der Waals surface area contributed by atoms with E-state index in [1.807, 2.05) is 0 Å². The fourth-order valence-corrected chi connectivity index (χ4v) is 3.56. The minimum Gasteiger partial charge on any atom is -0.493 e. The molecule has 0 heterocycles. The number of methoxy groups -OCH3 is 4. The summed E-state index contributed by atoms with van der Waals surface area (Å²) in [5.41, 5.74) is -0.640. The highest BCUT2D eigenvalue weighted by atomic mass is 32.2. The van der Waals surface area contributed by atoms with Crippen LogP contribution in [-0.2, 0) is 14.8 Å². The Hall–Kier alpha value is -3.08. The summed E-state index contributed by atoms with van der Waals surface area (Å²) in [6.45, 7) is 0. The molecule has 0 aliphatic carbocycles. The Balaban J connectivity index is 2.73. The largest absolute Gasteiger partial charge is 0.493 e. The van der Waals surface area contributed by atoms with Gasteiger partial charge in [0.05, 0.1) is 34.0 Å². The van der Waals surface area contributed by atoms with Gasteiger partial charge in [-0.25, -0.2) is 22.0 Å². The Labute approximate surface area is 160 Å². The molecule has 2 rings (SSSR count). The summed E-state index contributed by atoms with van der Waals surface area (Å²) in [7, 11) is 0.287. The van der Waals surface area contributed by atoms with Gasteiger partial charge >= 0.3 is 5.97 Å². The minimum atomic E-state index is -4.58. The molecule has 0 spiro atoms. The third kappa shape index (κ3) is 3.93. The number of sulfonamides is 1. The monoisotopic (exact) mass is 417 g/mol. The molecular weight excluding hydrogens is 400 g/mol. The van der Waals surface area contributed by atoms with E-state index >= 15 is 0 Å². The van der Waals surface area contributed by atoms with Crippen LogP contribution in [0.3, 0.4) is 0 Å². The van der Waals surface area contributed by atoms with E-state index in [4.69, 9.17) is 14.2 Å². The Bertz CT molecular complexity index is 1010. The van der Waals surface area contributed by atoms with Crippen LogP contribution in [0.1, 0.15) is 10.4 Å². The fourth-order valence-electron chi connectivity index (χ4n) is 2.41. The number of nitrogens with one attached hydrogen (secondary N) is 1. The molecule has 0 radical (unpaired) electrons. The first-order valence-corrected chi connectivity index (χ1v) is 9.07. The van der Waals surface area contributed by atoms with Crippen molar-refractivity contribution in [3.05, 3.63) is 41.5 Å². The van der Waals surface area contributed by atoms with E-state index in [2.05, 4.69) is 9.46 Å². The molecule has 2 aromatic rings. The van der Waals surface area contributed by atoms with E-state index in [1.54, 1.807) is 0 Å². The van der Waals surface area contributed by atoms with Crippen molar-refractivity contribution in [1.82, 2.24) is 0 Å². The van der Waals surface area contributed by atoms with E-state index < -0.39 is 32.5 Å². The van der Waals surface area contributed by atoms with Gasteiger partial charge in [0, 0.05) is 12.1 Å². The zero-order valence-corrected chi connectivity index (χ0v) is 16.1. The normalized spacial score (nSPS) is 10.9. The second-order valence-corrected chi connectivity index (χ2v) is 6.89. The topological polar surface area (TPSA) is 100 Å². The number of hydrogen-bond donors (Lipinski definition) is 1. The lowest BCUT2D eigenvalue weighted by Crippen LogP contribution is -2.19. The average molecular weight is 417 g/mol. The number of ether oxygens (including phenoxy) is 4. The second-order valence-electron chi connectivity index (χ2n) is 5.24. The standard InChI is InChI=1S/C17H17F2NO7S/c1-24-12-8-10(17(21)27-4)14(16(26-3)15(12)25-2)20-28(22,23)13-6-5-9(18)7-11(13)19/h5-8,20H,1-4H3. The number of carbonyl (C=O) groups is 1. The molecular formula is C17H17F2NO7S. The summed E-state index contributed by atoms with van der Waals surface area (Å²) in [5.74, 6) is -3.34. The number of carbonyl (C=O) groups excluding carboxylic acids is 1. The molecule has 152 valence electrons. The quantitative estimate of drug-likeness (QED) is 0.691. The summed E-state index contributed by atoms with van der Waals surface area (Å²) >= 11 is 0. The number of rotatable bonds is 7. The Morgan fingerprint density at radius 1 is 0.964 bits per heavy atom. The zero-order chi connectivity index (χ0) is 21.1. The van der Waals surface area contributed by atoms with Crippen LogP contribution < -0.4 is 18.9 Å². The van der Waals surface area contributed by atoms with Crippen molar-refractivity contribution in [2.45, 2.75) is 4.90 Å². The van der Waals surface area contributed by atoms with Gasteiger partial charge in [-0.3, -0.25) is 4.72 Å². The van der Waals surface area contributed by atoms with Gasteiger partial charge in [-0.1, -0.05) is 0 Å².